The Morgan fingerprint density at radius 1 is 1.05 bits per heavy atom. The van der Waals surface area contributed by atoms with Gasteiger partial charge in [-0.2, -0.15) is 0 Å². The van der Waals surface area contributed by atoms with Crippen molar-refractivity contribution >= 4 is 22.5 Å². The van der Waals surface area contributed by atoms with E-state index in [2.05, 4.69) is 39.0 Å². The highest BCUT2D eigenvalue weighted by Crippen LogP contribution is 2.36. The normalized spacial score (nSPS) is 16.0. The Labute approximate surface area is 126 Å². The zero-order valence-electron chi connectivity index (χ0n) is 12.6. The van der Waals surface area contributed by atoms with Gasteiger partial charge in [-0.15, -0.1) is 0 Å². The average Bonchev–Trinajstić information content (AvgIpc) is 2.63. The molecule has 20 heavy (non-hydrogen) atoms. The number of benzene rings is 1. The lowest BCUT2D eigenvalue weighted by Crippen LogP contribution is -2.13. The number of para-hydroxylation sites is 1. The van der Waals surface area contributed by atoms with Crippen LogP contribution in [0.2, 0.25) is 5.02 Å². The fraction of sp³-hybridized carbons (Fsp3) is 0.500. The van der Waals surface area contributed by atoms with Crippen molar-refractivity contribution in [3.63, 3.8) is 0 Å². The fourth-order valence-corrected chi connectivity index (χ4v) is 3.53. The molecule has 2 aromatic rings. The quantitative estimate of drug-likeness (QED) is 0.587. The highest BCUT2D eigenvalue weighted by Gasteiger charge is 2.22. The van der Waals surface area contributed by atoms with E-state index >= 15 is 0 Å². The summed E-state index contributed by atoms with van der Waals surface area (Å²) < 4.78 is 0. The minimum absolute atomic E-state index is 0.0921. The van der Waals surface area contributed by atoms with Crippen LogP contribution in [0, 0.1) is 0 Å². The topological polar surface area (TPSA) is 12.9 Å². The van der Waals surface area contributed by atoms with Gasteiger partial charge in [0, 0.05) is 11.1 Å². The molecule has 0 saturated carbocycles. The van der Waals surface area contributed by atoms with E-state index in [1.807, 2.05) is 0 Å². The van der Waals surface area contributed by atoms with Crippen LogP contribution in [0.5, 0.6) is 0 Å². The third-order valence-electron chi connectivity index (χ3n) is 4.28. The molecule has 1 heterocycles. The third kappa shape index (κ3) is 2.33. The van der Waals surface area contributed by atoms with Crippen LogP contribution in [-0.2, 0) is 18.3 Å². The predicted molar refractivity (Wildman–Crippen MR) is 86.7 cm³/mol. The van der Waals surface area contributed by atoms with Crippen LogP contribution in [0.25, 0.3) is 10.9 Å². The number of halogens is 1. The fourth-order valence-electron chi connectivity index (χ4n) is 3.17. The lowest BCUT2D eigenvalue weighted by atomic mass is 9.85. The Balaban J connectivity index is 2.32. The first-order valence-corrected chi connectivity index (χ1v) is 7.97. The molecule has 0 radical (unpaired) electrons. The number of pyridine rings is 1. The second kappa shape index (κ2) is 5.04. The SMILES string of the molecule is CC(C)(C)c1cccc2c(Cl)c3c(nc12)CCCCC3. The molecule has 1 nitrogen and oxygen atoms in total. The van der Waals surface area contributed by atoms with Gasteiger partial charge in [-0.05, 0) is 42.2 Å². The molecular formula is C18H22ClN. The number of fused-ring (bicyclic) bond motifs is 2. The maximum absolute atomic E-state index is 6.71. The molecule has 0 atom stereocenters. The van der Waals surface area contributed by atoms with Crippen LogP contribution in [0.15, 0.2) is 18.2 Å². The number of aryl methyl sites for hydroxylation is 1. The van der Waals surface area contributed by atoms with Gasteiger partial charge in [0.2, 0.25) is 0 Å². The Morgan fingerprint density at radius 2 is 1.80 bits per heavy atom. The van der Waals surface area contributed by atoms with Gasteiger partial charge in [0.25, 0.3) is 0 Å². The van der Waals surface area contributed by atoms with Crippen LogP contribution >= 0.6 is 11.6 Å². The Morgan fingerprint density at radius 3 is 2.55 bits per heavy atom. The van der Waals surface area contributed by atoms with Gasteiger partial charge in [-0.3, -0.25) is 4.98 Å². The van der Waals surface area contributed by atoms with Crippen LogP contribution in [-0.4, -0.2) is 4.98 Å². The van der Waals surface area contributed by atoms with Gasteiger partial charge in [0.05, 0.1) is 10.5 Å². The lowest BCUT2D eigenvalue weighted by molar-refractivity contribution is 0.594. The molecule has 0 saturated heterocycles. The molecule has 0 spiro atoms. The van der Waals surface area contributed by atoms with Crippen LogP contribution < -0.4 is 0 Å². The first-order valence-electron chi connectivity index (χ1n) is 7.59. The summed E-state index contributed by atoms with van der Waals surface area (Å²) in [7, 11) is 0. The minimum atomic E-state index is 0.0921. The molecule has 106 valence electrons. The van der Waals surface area contributed by atoms with Crippen molar-refractivity contribution in [2.24, 2.45) is 0 Å². The van der Waals surface area contributed by atoms with Crippen LogP contribution in [0.3, 0.4) is 0 Å². The molecule has 3 rings (SSSR count). The molecule has 0 unspecified atom stereocenters. The summed E-state index contributed by atoms with van der Waals surface area (Å²) >= 11 is 6.71. The molecule has 0 bridgehead atoms. The van der Waals surface area contributed by atoms with Crippen LogP contribution in [0.1, 0.15) is 56.9 Å². The molecule has 1 aromatic heterocycles. The maximum atomic E-state index is 6.71. The smallest absolute Gasteiger partial charge is 0.0757 e. The van der Waals surface area contributed by atoms with Crippen LogP contribution in [0.4, 0.5) is 0 Å². The Bertz CT molecular complexity index is 652. The minimum Gasteiger partial charge on any atom is -0.252 e. The molecule has 0 N–H and O–H groups in total. The predicted octanol–water partition coefficient (Wildman–Crippen LogP) is 5.45. The zero-order valence-corrected chi connectivity index (χ0v) is 13.3. The molecule has 1 aliphatic rings. The standard InChI is InChI=1S/C18H22ClN/c1-18(2,3)14-10-7-9-13-16(19)12-8-5-4-6-11-15(12)20-17(13)14/h7,9-10H,4-6,8,11H2,1-3H3. The zero-order chi connectivity index (χ0) is 14.3. The highest BCUT2D eigenvalue weighted by atomic mass is 35.5. The summed E-state index contributed by atoms with van der Waals surface area (Å²) in [5, 5.41) is 2.07. The van der Waals surface area contributed by atoms with Crippen molar-refractivity contribution in [1.82, 2.24) is 4.98 Å². The lowest BCUT2D eigenvalue weighted by Gasteiger charge is -2.22. The molecule has 0 aliphatic heterocycles. The van der Waals surface area contributed by atoms with Gasteiger partial charge >= 0.3 is 0 Å². The largest absolute Gasteiger partial charge is 0.252 e. The van der Waals surface area contributed by atoms with E-state index in [-0.39, 0.29) is 5.41 Å². The van der Waals surface area contributed by atoms with E-state index in [0.29, 0.717) is 0 Å². The van der Waals surface area contributed by atoms with E-state index in [9.17, 15) is 0 Å². The molecule has 2 heteroatoms. The van der Waals surface area contributed by atoms with Gasteiger partial charge in [0.15, 0.2) is 0 Å². The van der Waals surface area contributed by atoms with Crippen molar-refractivity contribution in [1.29, 1.82) is 0 Å². The number of rotatable bonds is 0. The van der Waals surface area contributed by atoms with Crippen molar-refractivity contribution < 1.29 is 0 Å². The van der Waals surface area contributed by atoms with Crippen molar-refractivity contribution in [3.8, 4) is 0 Å². The van der Waals surface area contributed by atoms with Crippen molar-refractivity contribution in [3.05, 3.63) is 40.0 Å². The van der Waals surface area contributed by atoms with Gasteiger partial charge in [-0.25, -0.2) is 0 Å². The maximum Gasteiger partial charge on any atom is 0.0757 e. The summed E-state index contributed by atoms with van der Waals surface area (Å²) in [5.74, 6) is 0. The summed E-state index contributed by atoms with van der Waals surface area (Å²) in [6.45, 7) is 6.72. The van der Waals surface area contributed by atoms with E-state index in [4.69, 9.17) is 16.6 Å². The average molecular weight is 288 g/mol. The summed E-state index contributed by atoms with van der Waals surface area (Å²) in [4.78, 5) is 5.02. The third-order valence-corrected chi connectivity index (χ3v) is 4.71. The first kappa shape index (κ1) is 13.9. The highest BCUT2D eigenvalue weighted by molar-refractivity contribution is 6.36. The van der Waals surface area contributed by atoms with Crippen molar-refractivity contribution in [2.45, 2.75) is 58.3 Å². The Hall–Kier alpha value is -1.08. The molecule has 1 aromatic carbocycles. The number of hydrogen-bond acceptors (Lipinski definition) is 1. The number of hydrogen-bond donors (Lipinski definition) is 0. The summed E-state index contributed by atoms with van der Waals surface area (Å²) in [5.41, 5.74) is 5.02. The number of aromatic nitrogens is 1. The monoisotopic (exact) mass is 287 g/mol. The van der Waals surface area contributed by atoms with E-state index in [1.165, 1.54) is 36.1 Å². The molecule has 1 aliphatic carbocycles. The van der Waals surface area contributed by atoms with Gasteiger partial charge in [-0.1, -0.05) is 57.0 Å². The van der Waals surface area contributed by atoms with E-state index < -0.39 is 0 Å². The Kier molecular flexibility index (Phi) is 3.50. The molecule has 0 amide bonds. The molecule has 0 fully saturated rings. The summed E-state index contributed by atoms with van der Waals surface area (Å²) in [6.07, 6.45) is 5.91. The van der Waals surface area contributed by atoms with Gasteiger partial charge < -0.3 is 0 Å². The summed E-state index contributed by atoms with van der Waals surface area (Å²) in [6, 6.07) is 6.42. The molecular weight excluding hydrogens is 266 g/mol. The van der Waals surface area contributed by atoms with E-state index in [1.54, 1.807) is 0 Å². The number of nitrogens with zero attached hydrogens (tertiary/aromatic N) is 1. The second-order valence-corrected chi connectivity index (χ2v) is 7.24. The second-order valence-electron chi connectivity index (χ2n) is 6.86. The van der Waals surface area contributed by atoms with E-state index in [0.717, 1.165) is 28.8 Å². The van der Waals surface area contributed by atoms with Gasteiger partial charge in [0.1, 0.15) is 0 Å². The first-order chi connectivity index (χ1) is 9.48. The van der Waals surface area contributed by atoms with Crippen molar-refractivity contribution in [2.75, 3.05) is 0 Å².